The van der Waals surface area contributed by atoms with Gasteiger partial charge in [0.25, 0.3) is 5.91 Å². The van der Waals surface area contributed by atoms with Crippen LogP contribution in [0.2, 0.25) is 0 Å². The quantitative estimate of drug-likeness (QED) is 0.282. The molecule has 0 aliphatic rings. The first-order valence-corrected chi connectivity index (χ1v) is 10.5. The first-order chi connectivity index (χ1) is 12.3. The zero-order valence-corrected chi connectivity index (χ0v) is 18.6. The summed E-state index contributed by atoms with van der Waals surface area (Å²) in [4.78, 5) is 12.7. The van der Waals surface area contributed by atoms with Crippen molar-refractivity contribution in [2.24, 2.45) is 5.92 Å². The lowest BCUT2D eigenvalue weighted by atomic mass is 10.2. The number of carbonyl (C=O) groups is 1. The summed E-state index contributed by atoms with van der Waals surface area (Å²) >= 11 is 4.83. The van der Waals surface area contributed by atoms with Crippen molar-refractivity contribution >= 4 is 33.6 Å². The van der Waals surface area contributed by atoms with E-state index in [0.717, 1.165) is 14.9 Å². The van der Waals surface area contributed by atoms with Crippen molar-refractivity contribution < 1.29 is 9.18 Å². The van der Waals surface area contributed by atoms with Gasteiger partial charge in [-0.2, -0.15) is 0 Å². The van der Waals surface area contributed by atoms with Crippen LogP contribution in [0.5, 0.6) is 0 Å². The highest BCUT2D eigenvalue weighted by Crippen LogP contribution is 2.25. The average molecular weight is 442 g/mol. The normalized spacial score (nSPS) is 11.3. The van der Waals surface area contributed by atoms with E-state index in [1.54, 1.807) is 6.08 Å². The number of carbonyl (C=O) groups excluding carboxylic acids is 1. The SMILES string of the molecule is C=C(/C=C\C(=C/C)CSc1cc(F)cc(Br)c1)C(=O)NCC(C)C.CC. The fraction of sp³-hybridized carbons (Fsp3) is 0.381. The molecule has 1 aromatic rings. The number of halogens is 2. The Morgan fingerprint density at radius 3 is 2.50 bits per heavy atom. The van der Waals surface area contributed by atoms with Crippen LogP contribution < -0.4 is 5.32 Å². The molecular weight excluding hydrogens is 413 g/mol. The van der Waals surface area contributed by atoms with Crippen LogP contribution in [-0.2, 0) is 4.79 Å². The molecule has 0 aliphatic carbocycles. The largest absolute Gasteiger partial charge is 0.352 e. The molecule has 1 rings (SSSR count). The molecule has 0 spiro atoms. The lowest BCUT2D eigenvalue weighted by Gasteiger charge is -2.07. The number of benzene rings is 1. The minimum absolute atomic E-state index is 0.155. The Morgan fingerprint density at radius 2 is 1.96 bits per heavy atom. The van der Waals surface area contributed by atoms with E-state index < -0.39 is 0 Å². The van der Waals surface area contributed by atoms with E-state index in [-0.39, 0.29) is 11.7 Å². The average Bonchev–Trinajstić information content (AvgIpc) is 2.60. The molecule has 0 bridgehead atoms. The van der Waals surface area contributed by atoms with Gasteiger partial charge in [0, 0.05) is 27.2 Å². The topological polar surface area (TPSA) is 29.1 Å². The van der Waals surface area contributed by atoms with E-state index in [9.17, 15) is 9.18 Å². The van der Waals surface area contributed by atoms with Gasteiger partial charge in [0.05, 0.1) is 0 Å². The third kappa shape index (κ3) is 10.6. The second kappa shape index (κ2) is 13.8. The summed E-state index contributed by atoms with van der Waals surface area (Å²) in [5, 5.41) is 2.83. The third-order valence-electron chi connectivity index (χ3n) is 3.07. The van der Waals surface area contributed by atoms with E-state index >= 15 is 0 Å². The summed E-state index contributed by atoms with van der Waals surface area (Å²) in [7, 11) is 0. The Balaban J connectivity index is 0.00000301. The second-order valence-corrected chi connectivity index (χ2v) is 7.68. The van der Waals surface area contributed by atoms with Crippen LogP contribution >= 0.6 is 27.7 Å². The molecular formula is C21H29BrFNOS. The molecule has 2 nitrogen and oxygen atoms in total. The summed E-state index contributed by atoms with van der Waals surface area (Å²) < 4.78 is 14.1. The van der Waals surface area contributed by atoms with Gasteiger partial charge >= 0.3 is 0 Å². The molecule has 1 aromatic carbocycles. The van der Waals surface area contributed by atoms with E-state index in [4.69, 9.17) is 0 Å². The number of rotatable bonds is 8. The molecule has 1 N–H and O–H groups in total. The second-order valence-electron chi connectivity index (χ2n) is 5.72. The predicted octanol–water partition coefficient (Wildman–Crippen LogP) is 6.54. The lowest BCUT2D eigenvalue weighted by Crippen LogP contribution is -2.27. The molecule has 0 saturated heterocycles. The summed E-state index contributed by atoms with van der Waals surface area (Å²) in [6, 6.07) is 4.81. The van der Waals surface area contributed by atoms with Crippen LogP contribution in [0.25, 0.3) is 0 Å². The van der Waals surface area contributed by atoms with Crippen LogP contribution in [0, 0.1) is 11.7 Å². The van der Waals surface area contributed by atoms with Crippen molar-refractivity contribution in [3.8, 4) is 0 Å². The summed E-state index contributed by atoms with van der Waals surface area (Å²) in [5.74, 6) is 0.666. The third-order valence-corrected chi connectivity index (χ3v) is 4.58. The molecule has 0 unspecified atom stereocenters. The molecule has 0 saturated carbocycles. The molecule has 144 valence electrons. The zero-order chi connectivity index (χ0) is 20.1. The predicted molar refractivity (Wildman–Crippen MR) is 116 cm³/mol. The molecule has 5 heteroatoms. The minimum atomic E-state index is -0.264. The molecule has 0 aliphatic heterocycles. The number of allylic oxidation sites excluding steroid dienone is 2. The summed E-state index contributed by atoms with van der Waals surface area (Å²) in [6.45, 7) is 14.4. The Hall–Kier alpha value is -1.33. The molecule has 0 aromatic heterocycles. The number of thioether (sulfide) groups is 1. The van der Waals surface area contributed by atoms with Gasteiger partial charge in [-0.05, 0) is 42.7 Å². The van der Waals surface area contributed by atoms with Gasteiger partial charge in [-0.3, -0.25) is 4.79 Å². The van der Waals surface area contributed by atoms with Crippen LogP contribution in [0.4, 0.5) is 4.39 Å². The van der Waals surface area contributed by atoms with Gasteiger partial charge in [0.1, 0.15) is 5.82 Å². The Morgan fingerprint density at radius 1 is 1.31 bits per heavy atom. The first-order valence-electron chi connectivity index (χ1n) is 8.71. The van der Waals surface area contributed by atoms with Gasteiger partial charge in [0.2, 0.25) is 0 Å². The molecule has 0 radical (unpaired) electrons. The number of hydrogen-bond donors (Lipinski definition) is 1. The highest BCUT2D eigenvalue weighted by Gasteiger charge is 2.05. The molecule has 0 atom stereocenters. The standard InChI is InChI=1S/C19H23BrFNOS.C2H6/c1-5-15(7-6-14(4)19(23)22-11-13(2)3)12-24-18-9-16(20)8-17(21)10-18;1-2/h5-10,13H,4,11-12H2,1-3H3,(H,22,23);1-2H3/b7-6-,15-5+;. The summed E-state index contributed by atoms with van der Waals surface area (Å²) in [6.07, 6.45) is 5.56. The van der Waals surface area contributed by atoms with Gasteiger partial charge in [0.15, 0.2) is 0 Å². The number of nitrogens with one attached hydrogen (secondary N) is 1. The van der Waals surface area contributed by atoms with Gasteiger partial charge in [-0.25, -0.2) is 4.39 Å². The van der Waals surface area contributed by atoms with E-state index in [0.29, 0.717) is 23.8 Å². The maximum atomic E-state index is 13.4. The smallest absolute Gasteiger partial charge is 0.250 e. The van der Waals surface area contributed by atoms with E-state index in [2.05, 4.69) is 27.8 Å². The lowest BCUT2D eigenvalue weighted by molar-refractivity contribution is -0.117. The fourth-order valence-corrected chi connectivity index (χ4v) is 3.32. The fourth-order valence-electron chi connectivity index (χ4n) is 1.70. The van der Waals surface area contributed by atoms with Crippen LogP contribution in [0.1, 0.15) is 34.6 Å². The molecule has 0 fully saturated rings. The molecule has 26 heavy (non-hydrogen) atoms. The molecule has 0 heterocycles. The van der Waals surface area contributed by atoms with Crippen molar-refractivity contribution in [2.45, 2.75) is 39.5 Å². The Kier molecular flexibility index (Phi) is 13.1. The van der Waals surface area contributed by atoms with Crippen LogP contribution in [-0.4, -0.2) is 18.2 Å². The first kappa shape index (κ1) is 24.7. The maximum Gasteiger partial charge on any atom is 0.250 e. The minimum Gasteiger partial charge on any atom is -0.352 e. The Bertz CT molecular complexity index is 633. The van der Waals surface area contributed by atoms with Crippen molar-refractivity contribution in [3.05, 3.63) is 64.4 Å². The van der Waals surface area contributed by atoms with Gasteiger partial charge in [-0.1, -0.05) is 62.4 Å². The van der Waals surface area contributed by atoms with E-state index in [1.165, 1.54) is 23.9 Å². The van der Waals surface area contributed by atoms with Crippen molar-refractivity contribution in [1.29, 1.82) is 0 Å². The highest BCUT2D eigenvalue weighted by molar-refractivity contribution is 9.10. The molecule has 1 amide bonds. The van der Waals surface area contributed by atoms with Crippen LogP contribution in [0.3, 0.4) is 0 Å². The van der Waals surface area contributed by atoms with Crippen molar-refractivity contribution in [2.75, 3.05) is 12.3 Å². The van der Waals surface area contributed by atoms with Crippen molar-refractivity contribution in [1.82, 2.24) is 5.32 Å². The van der Waals surface area contributed by atoms with Gasteiger partial charge in [-0.15, -0.1) is 11.8 Å². The number of amides is 1. The van der Waals surface area contributed by atoms with E-state index in [1.807, 2.05) is 52.8 Å². The summed E-state index contributed by atoms with van der Waals surface area (Å²) in [5.41, 5.74) is 1.46. The highest BCUT2D eigenvalue weighted by atomic mass is 79.9. The monoisotopic (exact) mass is 441 g/mol. The maximum absolute atomic E-state index is 13.4. The zero-order valence-electron chi connectivity index (χ0n) is 16.2. The van der Waals surface area contributed by atoms with Gasteiger partial charge < -0.3 is 5.32 Å². The Labute approximate surface area is 170 Å². The van der Waals surface area contributed by atoms with Crippen LogP contribution in [0.15, 0.2) is 63.5 Å². The number of hydrogen-bond acceptors (Lipinski definition) is 2. The van der Waals surface area contributed by atoms with Crippen molar-refractivity contribution in [3.63, 3.8) is 0 Å².